The second-order valence-electron chi connectivity index (χ2n) is 5.17. The van der Waals surface area contributed by atoms with Gasteiger partial charge in [-0.2, -0.15) is 0 Å². The van der Waals surface area contributed by atoms with Gasteiger partial charge in [-0.15, -0.1) is 11.3 Å². The number of rotatable bonds is 5. The average Bonchev–Trinajstić information content (AvgIpc) is 2.82. The molecule has 0 radical (unpaired) electrons. The molecule has 1 fully saturated rings. The average molecular weight is 345 g/mol. The largest absolute Gasteiger partial charge is 0.341 e. The summed E-state index contributed by atoms with van der Waals surface area (Å²) in [5.41, 5.74) is 0. The zero-order valence-corrected chi connectivity index (χ0v) is 13.7. The Morgan fingerprint density at radius 2 is 2.42 bits per heavy atom. The third-order valence-electron chi connectivity index (χ3n) is 3.56. The summed E-state index contributed by atoms with van der Waals surface area (Å²) < 4.78 is 1.10. The van der Waals surface area contributed by atoms with E-state index in [1.54, 1.807) is 11.3 Å². The highest BCUT2D eigenvalue weighted by atomic mass is 79.9. The fourth-order valence-corrected chi connectivity index (χ4v) is 3.92. The molecule has 106 valence electrons. The number of amides is 1. The van der Waals surface area contributed by atoms with Gasteiger partial charge in [-0.25, -0.2) is 0 Å². The van der Waals surface area contributed by atoms with E-state index in [4.69, 9.17) is 0 Å². The quantitative estimate of drug-likeness (QED) is 0.887. The van der Waals surface area contributed by atoms with Gasteiger partial charge in [-0.05, 0) is 47.8 Å². The van der Waals surface area contributed by atoms with Crippen LogP contribution < -0.4 is 5.32 Å². The van der Waals surface area contributed by atoms with Gasteiger partial charge in [0.1, 0.15) is 0 Å². The molecule has 0 aromatic carbocycles. The summed E-state index contributed by atoms with van der Waals surface area (Å²) in [4.78, 5) is 15.1. The number of thiophene rings is 1. The van der Waals surface area contributed by atoms with E-state index in [9.17, 15) is 4.79 Å². The van der Waals surface area contributed by atoms with E-state index in [-0.39, 0.29) is 5.91 Å². The SMILES string of the molecule is CN(Cc1cc(Br)cs1)C(=O)CCC1CCCCN1. The molecular weight excluding hydrogens is 324 g/mol. The number of nitrogens with zero attached hydrogens (tertiary/aromatic N) is 1. The number of nitrogens with one attached hydrogen (secondary N) is 1. The van der Waals surface area contributed by atoms with E-state index in [1.807, 2.05) is 11.9 Å². The zero-order chi connectivity index (χ0) is 13.7. The standard InChI is InChI=1S/C14H21BrN2OS/c1-17(9-13-8-11(15)10-19-13)14(18)6-5-12-4-2-3-7-16-12/h8,10,12,16H,2-7,9H2,1H3. The highest BCUT2D eigenvalue weighted by Gasteiger charge is 2.16. The van der Waals surface area contributed by atoms with Gasteiger partial charge in [0.2, 0.25) is 5.91 Å². The fourth-order valence-electron chi connectivity index (χ4n) is 2.42. The first-order valence-corrected chi connectivity index (χ1v) is 8.52. The molecule has 0 bridgehead atoms. The van der Waals surface area contributed by atoms with Crippen molar-refractivity contribution in [1.82, 2.24) is 10.2 Å². The zero-order valence-electron chi connectivity index (χ0n) is 11.3. The monoisotopic (exact) mass is 344 g/mol. The van der Waals surface area contributed by atoms with E-state index in [1.165, 1.54) is 24.1 Å². The predicted octanol–water partition coefficient (Wildman–Crippen LogP) is 3.39. The summed E-state index contributed by atoms with van der Waals surface area (Å²) in [7, 11) is 1.89. The molecule has 1 aliphatic heterocycles. The van der Waals surface area contributed by atoms with Crippen molar-refractivity contribution in [3.8, 4) is 0 Å². The minimum atomic E-state index is 0.247. The lowest BCUT2D eigenvalue weighted by Crippen LogP contribution is -2.35. The third kappa shape index (κ3) is 4.89. The van der Waals surface area contributed by atoms with Crippen molar-refractivity contribution in [3.63, 3.8) is 0 Å². The molecule has 1 aliphatic rings. The number of hydrogen-bond donors (Lipinski definition) is 1. The summed E-state index contributed by atoms with van der Waals surface area (Å²) in [5.74, 6) is 0.247. The second-order valence-corrected chi connectivity index (χ2v) is 7.08. The molecule has 19 heavy (non-hydrogen) atoms. The molecule has 1 aromatic heterocycles. The first-order chi connectivity index (χ1) is 9.15. The number of carbonyl (C=O) groups is 1. The van der Waals surface area contributed by atoms with Crippen molar-refractivity contribution in [1.29, 1.82) is 0 Å². The van der Waals surface area contributed by atoms with Crippen LogP contribution in [-0.2, 0) is 11.3 Å². The van der Waals surface area contributed by atoms with Crippen LogP contribution in [0.3, 0.4) is 0 Å². The summed E-state index contributed by atoms with van der Waals surface area (Å²) in [6, 6.07) is 2.62. The molecule has 1 aromatic rings. The highest BCUT2D eigenvalue weighted by Crippen LogP contribution is 2.21. The number of carbonyl (C=O) groups excluding carboxylic acids is 1. The van der Waals surface area contributed by atoms with Crippen LogP contribution >= 0.6 is 27.3 Å². The number of hydrogen-bond acceptors (Lipinski definition) is 3. The minimum Gasteiger partial charge on any atom is -0.341 e. The van der Waals surface area contributed by atoms with Gasteiger partial charge in [0, 0.05) is 34.2 Å². The molecule has 2 heterocycles. The lowest BCUT2D eigenvalue weighted by atomic mass is 10.0. The first-order valence-electron chi connectivity index (χ1n) is 6.85. The minimum absolute atomic E-state index is 0.247. The van der Waals surface area contributed by atoms with Crippen LogP contribution in [0.25, 0.3) is 0 Å². The molecule has 0 aliphatic carbocycles. The number of halogens is 1. The van der Waals surface area contributed by atoms with E-state index in [0.717, 1.165) is 17.4 Å². The Morgan fingerprint density at radius 1 is 1.58 bits per heavy atom. The van der Waals surface area contributed by atoms with Gasteiger partial charge in [-0.1, -0.05) is 6.42 Å². The highest BCUT2D eigenvalue weighted by molar-refractivity contribution is 9.10. The molecule has 1 unspecified atom stereocenters. The van der Waals surface area contributed by atoms with Crippen molar-refractivity contribution in [2.45, 2.75) is 44.7 Å². The summed E-state index contributed by atoms with van der Waals surface area (Å²) >= 11 is 5.13. The molecular formula is C14H21BrN2OS. The summed E-state index contributed by atoms with van der Waals surface area (Å²) in [5, 5.41) is 5.55. The molecule has 0 spiro atoms. The molecule has 1 saturated heterocycles. The van der Waals surface area contributed by atoms with Crippen LogP contribution in [0.1, 0.15) is 37.0 Å². The maximum absolute atomic E-state index is 12.1. The van der Waals surface area contributed by atoms with E-state index in [0.29, 0.717) is 19.0 Å². The van der Waals surface area contributed by atoms with E-state index >= 15 is 0 Å². The maximum Gasteiger partial charge on any atom is 0.222 e. The Kier molecular flexibility index (Phi) is 5.85. The van der Waals surface area contributed by atoms with Gasteiger partial charge in [-0.3, -0.25) is 4.79 Å². The Morgan fingerprint density at radius 3 is 3.05 bits per heavy atom. The van der Waals surface area contributed by atoms with Crippen LogP contribution in [0, 0.1) is 0 Å². The summed E-state index contributed by atoms with van der Waals surface area (Å²) in [6.07, 6.45) is 5.41. The van der Waals surface area contributed by atoms with Crippen LogP contribution in [-0.4, -0.2) is 30.4 Å². The van der Waals surface area contributed by atoms with Gasteiger partial charge in [0.25, 0.3) is 0 Å². The van der Waals surface area contributed by atoms with Gasteiger partial charge >= 0.3 is 0 Å². The van der Waals surface area contributed by atoms with Crippen molar-refractivity contribution in [2.24, 2.45) is 0 Å². The molecule has 1 amide bonds. The predicted molar refractivity (Wildman–Crippen MR) is 83.4 cm³/mol. The Balaban J connectivity index is 1.72. The second kappa shape index (κ2) is 7.41. The Labute approximate surface area is 127 Å². The molecule has 1 N–H and O–H groups in total. The first kappa shape index (κ1) is 15.0. The smallest absolute Gasteiger partial charge is 0.222 e. The Bertz CT molecular complexity index is 415. The van der Waals surface area contributed by atoms with Crippen LogP contribution in [0.5, 0.6) is 0 Å². The van der Waals surface area contributed by atoms with E-state index < -0.39 is 0 Å². The fraction of sp³-hybridized carbons (Fsp3) is 0.643. The van der Waals surface area contributed by atoms with Gasteiger partial charge in [0.15, 0.2) is 0 Å². The molecule has 1 atom stereocenters. The van der Waals surface area contributed by atoms with Crippen LogP contribution in [0.2, 0.25) is 0 Å². The van der Waals surface area contributed by atoms with Crippen molar-refractivity contribution in [2.75, 3.05) is 13.6 Å². The van der Waals surface area contributed by atoms with Crippen molar-refractivity contribution < 1.29 is 4.79 Å². The van der Waals surface area contributed by atoms with Gasteiger partial charge in [0.05, 0.1) is 6.54 Å². The molecule has 5 heteroatoms. The van der Waals surface area contributed by atoms with Crippen molar-refractivity contribution in [3.05, 3.63) is 20.8 Å². The molecule has 2 rings (SSSR count). The third-order valence-corrected chi connectivity index (χ3v) is 5.24. The normalized spacial score (nSPS) is 19.4. The Hall–Kier alpha value is -0.390. The topological polar surface area (TPSA) is 32.3 Å². The van der Waals surface area contributed by atoms with Crippen molar-refractivity contribution >= 4 is 33.2 Å². The maximum atomic E-state index is 12.1. The lowest BCUT2D eigenvalue weighted by Gasteiger charge is -2.24. The summed E-state index contributed by atoms with van der Waals surface area (Å²) in [6.45, 7) is 1.82. The van der Waals surface area contributed by atoms with E-state index in [2.05, 4.69) is 32.7 Å². The molecule has 3 nitrogen and oxygen atoms in total. The van der Waals surface area contributed by atoms with Crippen LogP contribution in [0.4, 0.5) is 0 Å². The van der Waals surface area contributed by atoms with Crippen LogP contribution in [0.15, 0.2) is 15.9 Å². The lowest BCUT2D eigenvalue weighted by molar-refractivity contribution is -0.130. The molecule has 0 saturated carbocycles. The number of piperidine rings is 1. The van der Waals surface area contributed by atoms with Gasteiger partial charge < -0.3 is 10.2 Å².